The summed E-state index contributed by atoms with van der Waals surface area (Å²) in [6.45, 7) is 6.73. The lowest BCUT2D eigenvalue weighted by molar-refractivity contribution is -0.137. The second-order valence-corrected chi connectivity index (χ2v) is 4.99. The van der Waals surface area contributed by atoms with Gasteiger partial charge < -0.3 is 10.4 Å². The van der Waals surface area contributed by atoms with Crippen LogP contribution in [0.3, 0.4) is 0 Å². The first kappa shape index (κ1) is 15.7. The molecule has 0 bridgehead atoms. The Labute approximate surface area is 95.2 Å². The van der Waals surface area contributed by atoms with Crippen molar-refractivity contribution in [3.63, 3.8) is 0 Å². The van der Waals surface area contributed by atoms with Crippen LogP contribution < -0.4 is 5.32 Å². The monoisotopic (exact) mass is 241 g/mol. The van der Waals surface area contributed by atoms with E-state index in [0.717, 1.165) is 6.54 Å². The molecule has 1 atom stereocenters. The zero-order chi connectivity index (χ0) is 12.8. The third-order valence-corrected chi connectivity index (χ3v) is 2.23. The summed E-state index contributed by atoms with van der Waals surface area (Å²) >= 11 is 0. The fourth-order valence-corrected chi connectivity index (χ4v) is 1.39. The SMILES string of the molecule is CC(C)CNCC(C)(O)CCCC(F)(F)F. The molecule has 0 heterocycles. The zero-order valence-electron chi connectivity index (χ0n) is 10.2. The van der Waals surface area contributed by atoms with Crippen LogP contribution in [0.2, 0.25) is 0 Å². The van der Waals surface area contributed by atoms with E-state index in [2.05, 4.69) is 5.32 Å². The Kier molecular flexibility index (Phi) is 6.33. The van der Waals surface area contributed by atoms with Crippen molar-refractivity contribution >= 4 is 0 Å². The average Bonchev–Trinajstić information content (AvgIpc) is 1.99. The molecule has 0 aromatic heterocycles. The highest BCUT2D eigenvalue weighted by Gasteiger charge is 2.28. The van der Waals surface area contributed by atoms with Crippen molar-refractivity contribution < 1.29 is 18.3 Å². The summed E-state index contributed by atoms with van der Waals surface area (Å²) in [7, 11) is 0. The van der Waals surface area contributed by atoms with Crippen molar-refractivity contribution in [2.75, 3.05) is 13.1 Å². The molecule has 0 radical (unpaired) electrons. The normalized spacial score (nSPS) is 16.5. The molecule has 0 amide bonds. The predicted octanol–water partition coefficient (Wildman–Crippen LogP) is 2.72. The van der Waals surface area contributed by atoms with Crippen molar-refractivity contribution in [1.82, 2.24) is 5.32 Å². The zero-order valence-corrected chi connectivity index (χ0v) is 10.2. The Bertz CT molecular complexity index is 190. The molecule has 2 nitrogen and oxygen atoms in total. The van der Waals surface area contributed by atoms with Crippen molar-refractivity contribution in [2.24, 2.45) is 5.92 Å². The maximum atomic E-state index is 11.9. The number of nitrogens with one attached hydrogen (secondary N) is 1. The largest absolute Gasteiger partial charge is 0.389 e. The molecule has 0 rings (SSSR count). The van der Waals surface area contributed by atoms with E-state index in [4.69, 9.17) is 0 Å². The Hall–Kier alpha value is -0.290. The highest BCUT2D eigenvalue weighted by molar-refractivity contribution is 4.76. The van der Waals surface area contributed by atoms with Gasteiger partial charge in [-0.1, -0.05) is 13.8 Å². The van der Waals surface area contributed by atoms with Gasteiger partial charge in [-0.2, -0.15) is 13.2 Å². The number of alkyl halides is 3. The summed E-state index contributed by atoms with van der Waals surface area (Å²) in [5.41, 5.74) is -1.06. The fourth-order valence-electron chi connectivity index (χ4n) is 1.39. The molecule has 0 aromatic rings. The van der Waals surface area contributed by atoms with E-state index >= 15 is 0 Å². The van der Waals surface area contributed by atoms with Gasteiger partial charge in [0.05, 0.1) is 5.60 Å². The Morgan fingerprint density at radius 3 is 2.19 bits per heavy atom. The minimum Gasteiger partial charge on any atom is -0.389 e. The van der Waals surface area contributed by atoms with Gasteiger partial charge in [0.2, 0.25) is 0 Å². The second kappa shape index (κ2) is 6.45. The molecular weight excluding hydrogens is 219 g/mol. The van der Waals surface area contributed by atoms with Crippen LogP contribution in [0.25, 0.3) is 0 Å². The number of hydrogen-bond donors (Lipinski definition) is 2. The number of rotatable bonds is 7. The van der Waals surface area contributed by atoms with Crippen LogP contribution in [0.15, 0.2) is 0 Å². The molecule has 5 heteroatoms. The van der Waals surface area contributed by atoms with Gasteiger partial charge in [-0.3, -0.25) is 0 Å². The van der Waals surface area contributed by atoms with Gasteiger partial charge in [0, 0.05) is 13.0 Å². The molecule has 1 unspecified atom stereocenters. The minimum absolute atomic E-state index is 0.0279. The van der Waals surface area contributed by atoms with Crippen molar-refractivity contribution in [2.45, 2.75) is 51.8 Å². The molecule has 0 saturated carbocycles. The first-order valence-corrected chi connectivity index (χ1v) is 5.62. The smallest absolute Gasteiger partial charge is 0.389 e. The third kappa shape index (κ3) is 10.2. The third-order valence-electron chi connectivity index (χ3n) is 2.23. The van der Waals surface area contributed by atoms with Gasteiger partial charge in [-0.05, 0) is 32.2 Å². The van der Waals surface area contributed by atoms with Crippen molar-refractivity contribution in [1.29, 1.82) is 0 Å². The Balaban J connectivity index is 3.70. The first-order valence-electron chi connectivity index (χ1n) is 5.62. The first-order chi connectivity index (χ1) is 7.12. The highest BCUT2D eigenvalue weighted by atomic mass is 19.4. The standard InChI is InChI=1S/C11H22F3NO/c1-9(2)7-15-8-10(3,16)5-4-6-11(12,13)14/h9,15-16H,4-8H2,1-3H3. The predicted molar refractivity (Wildman–Crippen MR) is 58.2 cm³/mol. The van der Waals surface area contributed by atoms with Crippen LogP contribution in [0.1, 0.15) is 40.0 Å². The van der Waals surface area contributed by atoms with Gasteiger partial charge in [0.25, 0.3) is 0 Å². The summed E-state index contributed by atoms with van der Waals surface area (Å²) in [4.78, 5) is 0. The van der Waals surface area contributed by atoms with E-state index in [9.17, 15) is 18.3 Å². The molecule has 0 aliphatic heterocycles. The lowest BCUT2D eigenvalue weighted by Gasteiger charge is -2.24. The second-order valence-electron chi connectivity index (χ2n) is 4.99. The number of hydrogen-bond acceptors (Lipinski definition) is 2. The van der Waals surface area contributed by atoms with Gasteiger partial charge in [-0.25, -0.2) is 0 Å². The highest BCUT2D eigenvalue weighted by Crippen LogP contribution is 2.24. The van der Waals surface area contributed by atoms with E-state index in [1.807, 2.05) is 13.8 Å². The molecule has 16 heavy (non-hydrogen) atoms. The lowest BCUT2D eigenvalue weighted by atomic mass is 9.98. The quantitative estimate of drug-likeness (QED) is 0.718. The molecule has 0 aromatic carbocycles. The van der Waals surface area contributed by atoms with Gasteiger partial charge in [0.1, 0.15) is 0 Å². The average molecular weight is 241 g/mol. The minimum atomic E-state index is -4.12. The van der Waals surface area contributed by atoms with Crippen LogP contribution in [0, 0.1) is 5.92 Å². The lowest BCUT2D eigenvalue weighted by Crippen LogP contribution is -2.39. The Morgan fingerprint density at radius 1 is 1.19 bits per heavy atom. The van der Waals surface area contributed by atoms with Crippen LogP contribution in [-0.4, -0.2) is 30.0 Å². The van der Waals surface area contributed by atoms with Crippen LogP contribution >= 0.6 is 0 Å². The van der Waals surface area contributed by atoms with E-state index in [-0.39, 0.29) is 12.8 Å². The van der Waals surface area contributed by atoms with Crippen molar-refractivity contribution in [3.8, 4) is 0 Å². The van der Waals surface area contributed by atoms with Crippen molar-refractivity contribution in [3.05, 3.63) is 0 Å². The summed E-state index contributed by atoms with van der Waals surface area (Å²) in [6.07, 6.45) is -4.81. The summed E-state index contributed by atoms with van der Waals surface area (Å²) in [5, 5.41) is 12.8. The topological polar surface area (TPSA) is 32.3 Å². The maximum Gasteiger partial charge on any atom is 0.389 e. The molecule has 0 spiro atoms. The number of halogens is 3. The molecule has 0 aliphatic carbocycles. The van der Waals surface area contributed by atoms with Gasteiger partial charge >= 0.3 is 6.18 Å². The van der Waals surface area contributed by atoms with E-state index in [0.29, 0.717) is 12.5 Å². The summed E-state index contributed by atoms with van der Waals surface area (Å²) in [6, 6.07) is 0. The fraction of sp³-hybridized carbons (Fsp3) is 1.00. The maximum absolute atomic E-state index is 11.9. The molecule has 0 aliphatic rings. The van der Waals surface area contributed by atoms with E-state index in [1.165, 1.54) is 0 Å². The molecule has 98 valence electrons. The van der Waals surface area contributed by atoms with Gasteiger partial charge in [-0.15, -0.1) is 0 Å². The molecular formula is C11H22F3NO. The van der Waals surface area contributed by atoms with E-state index < -0.39 is 18.2 Å². The molecule has 0 saturated heterocycles. The number of aliphatic hydroxyl groups is 1. The summed E-state index contributed by atoms with van der Waals surface area (Å²) < 4.78 is 35.7. The van der Waals surface area contributed by atoms with Gasteiger partial charge in [0.15, 0.2) is 0 Å². The van der Waals surface area contributed by atoms with Crippen LogP contribution in [0.5, 0.6) is 0 Å². The molecule has 0 fully saturated rings. The van der Waals surface area contributed by atoms with E-state index in [1.54, 1.807) is 6.92 Å². The summed E-state index contributed by atoms with van der Waals surface area (Å²) in [5.74, 6) is 0.464. The molecule has 2 N–H and O–H groups in total. The van der Waals surface area contributed by atoms with Crippen LogP contribution in [-0.2, 0) is 0 Å². The Morgan fingerprint density at radius 2 is 1.75 bits per heavy atom. The van der Waals surface area contributed by atoms with Crippen LogP contribution in [0.4, 0.5) is 13.2 Å².